The first kappa shape index (κ1) is 14.3. The van der Waals surface area contributed by atoms with Gasteiger partial charge in [0.05, 0.1) is 22.0 Å². The molecule has 0 atom stereocenters. The lowest BCUT2D eigenvalue weighted by Crippen LogP contribution is -2.10. The van der Waals surface area contributed by atoms with E-state index in [2.05, 4.69) is 22.3 Å². The quantitative estimate of drug-likeness (QED) is 0.831. The van der Waals surface area contributed by atoms with E-state index in [0.29, 0.717) is 17.3 Å². The zero-order chi connectivity index (χ0) is 14.7. The monoisotopic (exact) mass is 289 g/mol. The van der Waals surface area contributed by atoms with Crippen LogP contribution >= 0.6 is 11.3 Å². The van der Waals surface area contributed by atoms with Gasteiger partial charge < -0.3 is 10.3 Å². The van der Waals surface area contributed by atoms with Crippen molar-refractivity contribution in [3.05, 3.63) is 32.6 Å². The minimum atomic E-state index is -0.224. The lowest BCUT2D eigenvalue weighted by Gasteiger charge is -1.98. The van der Waals surface area contributed by atoms with Gasteiger partial charge in [0, 0.05) is 5.56 Å². The van der Waals surface area contributed by atoms with Gasteiger partial charge >= 0.3 is 0 Å². The summed E-state index contributed by atoms with van der Waals surface area (Å²) in [4.78, 5) is 13.6. The van der Waals surface area contributed by atoms with Gasteiger partial charge in [0.1, 0.15) is 0 Å². The van der Waals surface area contributed by atoms with Crippen LogP contribution in [0.4, 0.5) is 5.88 Å². The average molecular weight is 289 g/mol. The van der Waals surface area contributed by atoms with Gasteiger partial charge in [0.2, 0.25) is 5.88 Å². The Labute approximate surface area is 121 Å². The van der Waals surface area contributed by atoms with E-state index in [-0.39, 0.29) is 5.91 Å². The van der Waals surface area contributed by atoms with E-state index in [9.17, 15) is 4.79 Å². The highest BCUT2D eigenvalue weighted by molar-refractivity contribution is 7.14. The number of nitrogens with one attached hydrogen (secondary N) is 1. The first-order valence-electron chi connectivity index (χ1n) is 6.06. The van der Waals surface area contributed by atoms with Gasteiger partial charge in [-0.1, -0.05) is 17.0 Å². The maximum atomic E-state index is 12.2. The highest BCUT2D eigenvalue weighted by atomic mass is 32.1. The van der Waals surface area contributed by atoms with Crippen LogP contribution in [0.3, 0.4) is 0 Å². The molecule has 2 aromatic rings. The highest BCUT2D eigenvalue weighted by Crippen LogP contribution is 2.23. The Bertz CT molecular complexity index is 704. The molecule has 0 saturated carbocycles. The van der Waals surface area contributed by atoms with Crippen LogP contribution in [-0.2, 0) is 0 Å². The molecule has 5 nitrogen and oxygen atoms in total. The van der Waals surface area contributed by atoms with E-state index in [0.717, 1.165) is 21.7 Å². The second-order valence-electron chi connectivity index (χ2n) is 4.30. The van der Waals surface area contributed by atoms with Crippen LogP contribution in [0.15, 0.2) is 10.6 Å². The van der Waals surface area contributed by atoms with Crippen molar-refractivity contribution in [1.82, 2.24) is 5.16 Å². The summed E-state index contributed by atoms with van der Waals surface area (Å²) in [5.41, 5.74) is 7.90. The lowest BCUT2D eigenvalue weighted by atomic mass is 10.2. The van der Waals surface area contributed by atoms with E-state index in [1.807, 2.05) is 20.8 Å². The first-order chi connectivity index (χ1) is 9.52. The molecule has 0 saturated heterocycles. The Balaban J connectivity index is 2.20. The van der Waals surface area contributed by atoms with Gasteiger partial charge in [0.25, 0.3) is 5.91 Å². The molecule has 0 unspecified atom stereocenters. The minimum absolute atomic E-state index is 0.224. The van der Waals surface area contributed by atoms with Gasteiger partial charge in [-0.2, -0.15) is 0 Å². The molecule has 0 aromatic carbocycles. The van der Waals surface area contributed by atoms with E-state index in [1.165, 1.54) is 11.3 Å². The summed E-state index contributed by atoms with van der Waals surface area (Å²) in [7, 11) is 0. The van der Waals surface area contributed by atoms with Gasteiger partial charge in [-0.25, -0.2) is 0 Å². The highest BCUT2D eigenvalue weighted by Gasteiger charge is 2.16. The van der Waals surface area contributed by atoms with Gasteiger partial charge in [-0.15, -0.1) is 11.3 Å². The van der Waals surface area contributed by atoms with Gasteiger partial charge in [0.15, 0.2) is 0 Å². The summed E-state index contributed by atoms with van der Waals surface area (Å²) in [5, 5.41) is 6.52. The molecule has 20 heavy (non-hydrogen) atoms. The molecule has 104 valence electrons. The summed E-state index contributed by atoms with van der Waals surface area (Å²) in [5.74, 6) is 5.90. The Morgan fingerprint density at radius 2 is 2.25 bits per heavy atom. The number of rotatable bonds is 2. The molecule has 2 aromatic heterocycles. The number of nitrogens with two attached hydrogens (primary N) is 1. The average Bonchev–Trinajstić information content (AvgIpc) is 2.94. The summed E-state index contributed by atoms with van der Waals surface area (Å²) in [6.45, 7) is 5.89. The SMILES string of the molecule is Cc1cc(C(=O)Nc2onc(C)c2C)sc1C#CCN. The molecule has 0 fully saturated rings. The first-order valence-corrected chi connectivity index (χ1v) is 6.88. The Hall–Kier alpha value is -2.10. The predicted molar refractivity (Wildman–Crippen MR) is 78.9 cm³/mol. The van der Waals surface area contributed by atoms with E-state index in [4.69, 9.17) is 10.3 Å². The van der Waals surface area contributed by atoms with Crippen LogP contribution in [-0.4, -0.2) is 17.6 Å². The van der Waals surface area contributed by atoms with Crippen molar-refractivity contribution in [2.45, 2.75) is 20.8 Å². The molecular formula is C14H15N3O2S. The number of carbonyl (C=O) groups excluding carboxylic acids is 1. The number of hydrogen-bond donors (Lipinski definition) is 2. The number of amides is 1. The van der Waals surface area contributed by atoms with Crippen molar-refractivity contribution in [2.75, 3.05) is 11.9 Å². The molecule has 0 aliphatic carbocycles. The molecule has 3 N–H and O–H groups in total. The molecule has 0 aliphatic rings. The number of carbonyl (C=O) groups is 1. The van der Waals surface area contributed by atoms with E-state index in [1.54, 1.807) is 6.07 Å². The van der Waals surface area contributed by atoms with Gasteiger partial charge in [-0.05, 0) is 32.4 Å². The predicted octanol–water partition coefficient (Wildman–Crippen LogP) is 2.22. The van der Waals surface area contributed by atoms with Crippen molar-refractivity contribution >= 4 is 23.1 Å². The molecule has 0 bridgehead atoms. The standard InChI is InChI=1S/C14H15N3O2S/c1-8-7-12(20-11(8)5-4-6-15)13(18)16-14-9(2)10(3)17-19-14/h7H,6,15H2,1-3H3,(H,16,18). The lowest BCUT2D eigenvalue weighted by molar-refractivity contribution is 0.102. The molecule has 2 heterocycles. The minimum Gasteiger partial charge on any atom is -0.338 e. The number of nitrogens with zero attached hydrogens (tertiary/aromatic N) is 1. The Morgan fingerprint density at radius 3 is 2.85 bits per heavy atom. The molecule has 2 rings (SSSR count). The van der Waals surface area contributed by atoms with Crippen LogP contribution in [0.5, 0.6) is 0 Å². The zero-order valence-corrected chi connectivity index (χ0v) is 12.4. The third kappa shape index (κ3) is 2.90. The second-order valence-corrected chi connectivity index (χ2v) is 5.36. The molecular weight excluding hydrogens is 274 g/mol. The summed E-state index contributed by atoms with van der Waals surface area (Å²) in [6.07, 6.45) is 0. The molecule has 0 radical (unpaired) electrons. The normalized spacial score (nSPS) is 10.0. The fraction of sp³-hybridized carbons (Fsp3) is 0.286. The molecule has 1 amide bonds. The van der Waals surface area contributed by atoms with Crippen molar-refractivity contribution in [3.8, 4) is 11.8 Å². The third-order valence-electron chi connectivity index (χ3n) is 2.83. The maximum absolute atomic E-state index is 12.2. The van der Waals surface area contributed by atoms with Crippen molar-refractivity contribution in [2.24, 2.45) is 5.73 Å². The fourth-order valence-corrected chi connectivity index (χ4v) is 2.49. The maximum Gasteiger partial charge on any atom is 0.268 e. The Kier molecular flexibility index (Phi) is 4.23. The summed E-state index contributed by atoms with van der Waals surface area (Å²) < 4.78 is 5.07. The number of aromatic nitrogens is 1. The fourth-order valence-electron chi connectivity index (χ4n) is 1.55. The van der Waals surface area contributed by atoms with Crippen molar-refractivity contribution < 1.29 is 9.32 Å². The van der Waals surface area contributed by atoms with Crippen LogP contribution in [0.1, 0.15) is 31.4 Å². The molecule has 6 heteroatoms. The summed E-state index contributed by atoms with van der Waals surface area (Å²) >= 11 is 1.34. The van der Waals surface area contributed by atoms with Crippen LogP contribution in [0.25, 0.3) is 0 Å². The third-order valence-corrected chi connectivity index (χ3v) is 3.98. The number of hydrogen-bond acceptors (Lipinski definition) is 5. The Morgan fingerprint density at radius 1 is 1.50 bits per heavy atom. The van der Waals surface area contributed by atoms with E-state index < -0.39 is 0 Å². The second kappa shape index (κ2) is 5.90. The molecule has 0 aliphatic heterocycles. The van der Waals surface area contributed by atoms with Crippen molar-refractivity contribution in [1.29, 1.82) is 0 Å². The smallest absolute Gasteiger partial charge is 0.268 e. The van der Waals surface area contributed by atoms with Crippen LogP contribution in [0.2, 0.25) is 0 Å². The topological polar surface area (TPSA) is 81.2 Å². The number of anilines is 1. The number of aryl methyl sites for hydroxylation is 2. The summed E-state index contributed by atoms with van der Waals surface area (Å²) in [6, 6.07) is 1.80. The molecule has 0 spiro atoms. The zero-order valence-electron chi connectivity index (χ0n) is 11.5. The van der Waals surface area contributed by atoms with E-state index >= 15 is 0 Å². The van der Waals surface area contributed by atoms with Crippen LogP contribution in [0, 0.1) is 32.6 Å². The number of thiophene rings is 1. The van der Waals surface area contributed by atoms with Crippen molar-refractivity contribution in [3.63, 3.8) is 0 Å². The largest absolute Gasteiger partial charge is 0.338 e. The van der Waals surface area contributed by atoms with Crippen LogP contribution < -0.4 is 11.1 Å². The van der Waals surface area contributed by atoms with Gasteiger partial charge in [-0.3, -0.25) is 10.1 Å².